The average Bonchev–Trinajstić information content (AvgIpc) is 2.94. The summed E-state index contributed by atoms with van der Waals surface area (Å²) in [6.45, 7) is 0. The molecule has 1 aromatic rings. The largest absolute Gasteiger partial charge is 0.490 e. The summed E-state index contributed by atoms with van der Waals surface area (Å²) in [7, 11) is 3.00. The van der Waals surface area contributed by atoms with Gasteiger partial charge in [-0.05, 0) is 25.0 Å². The molecular weight excluding hydrogens is 274 g/mol. The molecule has 7 nitrogen and oxygen atoms in total. The number of nitrogens with one attached hydrogen (secondary N) is 2. The summed E-state index contributed by atoms with van der Waals surface area (Å²) in [5, 5.41) is 17.0. The maximum Gasteiger partial charge on any atom is 0.333 e. The Morgan fingerprint density at radius 3 is 2.81 bits per heavy atom. The molecule has 1 fully saturated rings. The second-order valence-corrected chi connectivity index (χ2v) is 5.02. The molecule has 0 unspecified atom stereocenters. The van der Waals surface area contributed by atoms with Crippen LogP contribution in [0.2, 0.25) is 0 Å². The lowest BCUT2D eigenvalue weighted by molar-refractivity contribution is -0.384. The molecule has 0 radical (unpaired) electrons. The number of nitrogens with zero attached hydrogens (tertiary/aromatic N) is 1. The quantitative estimate of drug-likeness (QED) is 0.639. The van der Waals surface area contributed by atoms with Crippen LogP contribution in [0.25, 0.3) is 0 Å². The Balaban J connectivity index is 2.27. The van der Waals surface area contributed by atoms with E-state index < -0.39 is 4.92 Å². The summed E-state index contributed by atoms with van der Waals surface area (Å²) in [4.78, 5) is 22.6. The van der Waals surface area contributed by atoms with Crippen molar-refractivity contribution >= 4 is 17.3 Å². The highest BCUT2D eigenvalue weighted by Gasteiger charge is 2.34. The number of nitro groups is 1. The van der Waals surface area contributed by atoms with Gasteiger partial charge in [-0.25, -0.2) is 0 Å². The number of ether oxygens (including phenoxy) is 1. The van der Waals surface area contributed by atoms with Crippen LogP contribution >= 0.6 is 0 Å². The van der Waals surface area contributed by atoms with Crippen molar-refractivity contribution < 1.29 is 14.5 Å². The van der Waals surface area contributed by atoms with Crippen molar-refractivity contribution in [3.8, 4) is 5.75 Å². The van der Waals surface area contributed by atoms with Crippen LogP contribution < -0.4 is 15.4 Å². The summed E-state index contributed by atoms with van der Waals surface area (Å²) in [6, 6.07) is 4.78. The Bertz CT molecular complexity index is 547. The van der Waals surface area contributed by atoms with Crippen LogP contribution in [0.4, 0.5) is 11.4 Å². The molecule has 0 heterocycles. The summed E-state index contributed by atoms with van der Waals surface area (Å²) in [5.74, 6) is 0.0100. The Morgan fingerprint density at radius 2 is 2.19 bits per heavy atom. The van der Waals surface area contributed by atoms with E-state index >= 15 is 0 Å². The normalized spacial score (nSPS) is 20.9. The van der Waals surface area contributed by atoms with Crippen LogP contribution in [0.15, 0.2) is 18.2 Å². The van der Waals surface area contributed by atoms with Gasteiger partial charge in [-0.2, -0.15) is 0 Å². The maximum atomic E-state index is 11.8. The van der Waals surface area contributed by atoms with Crippen LogP contribution in [0, 0.1) is 16.0 Å². The highest BCUT2D eigenvalue weighted by Crippen LogP contribution is 2.37. The van der Waals surface area contributed by atoms with Gasteiger partial charge < -0.3 is 15.4 Å². The van der Waals surface area contributed by atoms with Crippen LogP contribution in [0.5, 0.6) is 5.75 Å². The molecule has 1 aliphatic carbocycles. The molecule has 0 aromatic heterocycles. The Kier molecular flexibility index (Phi) is 4.62. The van der Waals surface area contributed by atoms with Crippen LogP contribution in [0.3, 0.4) is 0 Å². The van der Waals surface area contributed by atoms with Crippen LogP contribution in [0.1, 0.15) is 19.3 Å². The second kappa shape index (κ2) is 6.43. The Morgan fingerprint density at radius 1 is 1.43 bits per heavy atom. The van der Waals surface area contributed by atoms with Gasteiger partial charge in [0.05, 0.1) is 18.0 Å². The predicted molar refractivity (Wildman–Crippen MR) is 78.5 cm³/mol. The molecule has 21 heavy (non-hydrogen) atoms. The topological polar surface area (TPSA) is 93.5 Å². The van der Waals surface area contributed by atoms with Gasteiger partial charge in [0.15, 0.2) is 5.75 Å². The van der Waals surface area contributed by atoms with E-state index in [1.54, 1.807) is 25.2 Å². The maximum absolute atomic E-state index is 11.8. The molecular formula is C14H19N3O4. The van der Waals surface area contributed by atoms with E-state index in [2.05, 4.69) is 10.6 Å². The summed E-state index contributed by atoms with van der Waals surface area (Å²) < 4.78 is 5.05. The fourth-order valence-corrected chi connectivity index (χ4v) is 2.82. The number of hydrogen-bond donors (Lipinski definition) is 2. The number of rotatable bonds is 5. The zero-order chi connectivity index (χ0) is 15.4. The van der Waals surface area contributed by atoms with Crippen molar-refractivity contribution in [3.63, 3.8) is 0 Å². The zero-order valence-electron chi connectivity index (χ0n) is 12.1. The van der Waals surface area contributed by atoms with Crippen LogP contribution in [-0.2, 0) is 4.79 Å². The van der Waals surface area contributed by atoms with Crippen molar-refractivity contribution in [3.05, 3.63) is 28.3 Å². The first-order valence-electron chi connectivity index (χ1n) is 6.88. The smallest absolute Gasteiger partial charge is 0.333 e. The number of amides is 1. The van der Waals surface area contributed by atoms with Crippen LogP contribution in [-0.4, -0.2) is 31.0 Å². The summed E-state index contributed by atoms with van der Waals surface area (Å²) >= 11 is 0. The van der Waals surface area contributed by atoms with E-state index in [9.17, 15) is 14.9 Å². The molecule has 0 saturated heterocycles. The van der Waals surface area contributed by atoms with Crippen molar-refractivity contribution in [2.75, 3.05) is 19.5 Å². The molecule has 1 aromatic carbocycles. The average molecular weight is 293 g/mol. The van der Waals surface area contributed by atoms with E-state index in [-0.39, 0.29) is 29.3 Å². The van der Waals surface area contributed by atoms with Gasteiger partial charge in [0.2, 0.25) is 5.91 Å². The molecule has 1 saturated carbocycles. The van der Waals surface area contributed by atoms with Gasteiger partial charge >= 0.3 is 5.69 Å². The fraction of sp³-hybridized carbons (Fsp3) is 0.500. The molecule has 1 amide bonds. The van der Waals surface area contributed by atoms with Crippen molar-refractivity contribution in [2.45, 2.75) is 25.3 Å². The fourth-order valence-electron chi connectivity index (χ4n) is 2.82. The first-order chi connectivity index (χ1) is 10.1. The SMILES string of the molecule is CNC(=O)[C@@H]1CCC[C@H]1Nc1cccc(OC)c1[N+](=O)[O-]. The Hall–Kier alpha value is -2.31. The number of carbonyl (C=O) groups is 1. The highest BCUT2D eigenvalue weighted by molar-refractivity contribution is 5.80. The van der Waals surface area contributed by atoms with Gasteiger partial charge in [0.25, 0.3) is 0 Å². The minimum absolute atomic E-state index is 0.0319. The molecule has 0 spiro atoms. The van der Waals surface area contributed by atoms with Gasteiger partial charge in [0.1, 0.15) is 5.69 Å². The molecule has 0 aliphatic heterocycles. The Labute approximate surface area is 122 Å². The number of para-hydroxylation sites is 1. The van der Waals surface area contributed by atoms with E-state index in [0.717, 1.165) is 19.3 Å². The molecule has 0 bridgehead atoms. The molecule has 114 valence electrons. The van der Waals surface area contributed by atoms with Gasteiger partial charge in [-0.3, -0.25) is 14.9 Å². The van der Waals surface area contributed by atoms with E-state index in [4.69, 9.17) is 4.74 Å². The van der Waals surface area contributed by atoms with E-state index in [1.165, 1.54) is 7.11 Å². The molecule has 1 aliphatic rings. The molecule has 2 N–H and O–H groups in total. The minimum Gasteiger partial charge on any atom is -0.490 e. The number of nitro benzene ring substituents is 1. The number of anilines is 1. The molecule has 7 heteroatoms. The van der Waals surface area contributed by atoms with Crippen molar-refractivity contribution in [1.82, 2.24) is 5.32 Å². The summed E-state index contributed by atoms with van der Waals surface area (Å²) in [6.07, 6.45) is 2.52. The lowest BCUT2D eigenvalue weighted by Gasteiger charge is -2.21. The van der Waals surface area contributed by atoms with Gasteiger partial charge in [0, 0.05) is 13.1 Å². The van der Waals surface area contributed by atoms with Crippen molar-refractivity contribution in [2.24, 2.45) is 5.92 Å². The standard InChI is InChI=1S/C14H19N3O4/c1-15-14(18)9-5-3-6-10(9)16-11-7-4-8-12(21-2)13(11)17(19)20/h4,7-10,16H,3,5-6H2,1-2H3,(H,15,18)/t9-,10-/m1/s1. The monoisotopic (exact) mass is 293 g/mol. The zero-order valence-corrected chi connectivity index (χ0v) is 12.1. The second-order valence-electron chi connectivity index (χ2n) is 5.02. The lowest BCUT2D eigenvalue weighted by atomic mass is 10.0. The van der Waals surface area contributed by atoms with Gasteiger partial charge in [-0.15, -0.1) is 0 Å². The third-order valence-electron chi connectivity index (χ3n) is 3.84. The highest BCUT2D eigenvalue weighted by atomic mass is 16.6. The van der Waals surface area contributed by atoms with Gasteiger partial charge in [-0.1, -0.05) is 12.5 Å². The molecule has 2 rings (SSSR count). The third kappa shape index (κ3) is 3.07. The number of hydrogen-bond acceptors (Lipinski definition) is 5. The lowest BCUT2D eigenvalue weighted by Crippen LogP contribution is -2.36. The van der Waals surface area contributed by atoms with E-state index in [1.807, 2.05) is 0 Å². The third-order valence-corrected chi connectivity index (χ3v) is 3.84. The first kappa shape index (κ1) is 15.1. The van der Waals surface area contributed by atoms with E-state index in [0.29, 0.717) is 5.69 Å². The summed E-state index contributed by atoms with van der Waals surface area (Å²) in [5.41, 5.74) is 0.294. The molecule has 2 atom stereocenters. The number of carbonyl (C=O) groups excluding carboxylic acids is 1. The minimum atomic E-state index is -0.467. The first-order valence-corrected chi connectivity index (χ1v) is 6.88. The number of benzene rings is 1. The van der Waals surface area contributed by atoms with Crippen molar-refractivity contribution in [1.29, 1.82) is 0 Å². The predicted octanol–water partition coefficient (Wildman–Crippen LogP) is 1.93. The number of methoxy groups -OCH3 is 1.